The fraction of sp³-hybridized carbons (Fsp3) is 0.381. The third-order valence-electron chi connectivity index (χ3n) is 5.18. The lowest BCUT2D eigenvalue weighted by atomic mass is 10.2. The summed E-state index contributed by atoms with van der Waals surface area (Å²) in [5, 5.41) is 2.88. The second kappa shape index (κ2) is 9.48. The number of halogens is 1. The quantitative estimate of drug-likeness (QED) is 0.641. The molecular formula is C21H28FN3O2+2. The molecule has 0 unspecified atom stereocenters. The Morgan fingerprint density at radius 1 is 1.07 bits per heavy atom. The van der Waals surface area contributed by atoms with E-state index in [0.717, 1.165) is 38.5 Å². The molecule has 1 saturated heterocycles. The molecule has 0 bridgehead atoms. The monoisotopic (exact) mass is 373 g/mol. The molecule has 3 N–H and O–H groups in total. The Morgan fingerprint density at radius 2 is 1.74 bits per heavy atom. The molecule has 0 saturated carbocycles. The fourth-order valence-electron chi connectivity index (χ4n) is 3.41. The third kappa shape index (κ3) is 5.77. The van der Waals surface area contributed by atoms with Gasteiger partial charge in [-0.3, -0.25) is 4.79 Å². The lowest BCUT2D eigenvalue weighted by Gasteiger charge is -2.32. The number of carbonyl (C=O) groups is 1. The third-order valence-corrected chi connectivity index (χ3v) is 5.18. The molecule has 5 nitrogen and oxygen atoms in total. The number of anilines is 1. The Hall–Kier alpha value is -2.44. The summed E-state index contributed by atoms with van der Waals surface area (Å²) < 4.78 is 18.7. The molecule has 0 aromatic heterocycles. The van der Waals surface area contributed by atoms with Gasteiger partial charge in [-0.15, -0.1) is 0 Å². The summed E-state index contributed by atoms with van der Waals surface area (Å²) in [4.78, 5) is 15.3. The van der Waals surface area contributed by atoms with Crippen molar-refractivity contribution in [2.75, 3.05) is 44.6 Å². The normalized spacial score (nSPS) is 20.7. The summed E-state index contributed by atoms with van der Waals surface area (Å²) >= 11 is 0. The zero-order valence-corrected chi connectivity index (χ0v) is 15.7. The van der Waals surface area contributed by atoms with E-state index in [-0.39, 0.29) is 17.8 Å². The summed E-state index contributed by atoms with van der Waals surface area (Å²) in [5.41, 5.74) is 0.634. The van der Waals surface area contributed by atoms with Crippen LogP contribution in [0.1, 0.15) is 6.92 Å². The number of rotatable bonds is 7. The smallest absolute Gasteiger partial charge is 0.282 e. The Bertz CT molecular complexity index is 716. The summed E-state index contributed by atoms with van der Waals surface area (Å²) in [7, 11) is 0. The van der Waals surface area contributed by atoms with Gasteiger partial charge in [-0.2, -0.15) is 0 Å². The second-order valence-corrected chi connectivity index (χ2v) is 7.04. The van der Waals surface area contributed by atoms with Gasteiger partial charge in [0.1, 0.15) is 50.9 Å². The summed E-state index contributed by atoms with van der Waals surface area (Å²) in [6.45, 7) is 7.60. The topological polar surface area (TPSA) is 47.2 Å². The summed E-state index contributed by atoms with van der Waals surface area (Å²) in [6.07, 6.45) is 0. The average Bonchev–Trinajstić information content (AvgIpc) is 2.70. The van der Waals surface area contributed by atoms with Crippen LogP contribution in [0.4, 0.5) is 10.1 Å². The van der Waals surface area contributed by atoms with Gasteiger partial charge in [-0.25, -0.2) is 4.39 Å². The summed E-state index contributed by atoms with van der Waals surface area (Å²) in [5.74, 6) is 0.585. The number of amides is 1. The van der Waals surface area contributed by atoms with Crippen molar-refractivity contribution >= 4 is 11.6 Å². The number of hydrogen-bond acceptors (Lipinski definition) is 2. The maximum absolute atomic E-state index is 13.0. The molecule has 3 rings (SSSR count). The number of quaternary nitrogens is 2. The number of ether oxygens (including phenoxy) is 1. The van der Waals surface area contributed by atoms with Crippen LogP contribution in [0.15, 0.2) is 54.6 Å². The van der Waals surface area contributed by atoms with Gasteiger partial charge in [-0.1, -0.05) is 18.2 Å². The van der Waals surface area contributed by atoms with Gasteiger partial charge in [0.2, 0.25) is 0 Å². The van der Waals surface area contributed by atoms with E-state index in [2.05, 4.69) is 5.32 Å². The van der Waals surface area contributed by atoms with Gasteiger partial charge in [0.05, 0.1) is 0 Å². The Kier molecular flexibility index (Phi) is 6.79. The molecule has 1 atom stereocenters. The molecule has 1 aliphatic rings. The minimum Gasteiger partial charge on any atom is -0.488 e. The first-order valence-corrected chi connectivity index (χ1v) is 9.54. The van der Waals surface area contributed by atoms with E-state index in [1.165, 1.54) is 21.9 Å². The zero-order chi connectivity index (χ0) is 19.1. The van der Waals surface area contributed by atoms with Crippen LogP contribution in [0.3, 0.4) is 0 Å². The Labute approximate surface area is 159 Å². The SMILES string of the molecule is C[C@@H](C(=O)Nc1ccc(F)cc1)[NH+]1CC[NH+](CCOc2ccccc2)CC1. The van der Waals surface area contributed by atoms with Crippen molar-refractivity contribution in [2.24, 2.45) is 0 Å². The van der Waals surface area contributed by atoms with Gasteiger partial charge in [0, 0.05) is 5.69 Å². The van der Waals surface area contributed by atoms with Crippen LogP contribution in [-0.4, -0.2) is 51.3 Å². The number of carbonyl (C=O) groups excluding carboxylic acids is 1. The minimum atomic E-state index is -0.304. The van der Waals surface area contributed by atoms with Crippen LogP contribution in [0.2, 0.25) is 0 Å². The molecule has 1 amide bonds. The van der Waals surface area contributed by atoms with Gasteiger partial charge >= 0.3 is 0 Å². The standard InChI is InChI=1S/C21H26FN3O2/c1-17(21(26)23-19-9-7-18(22)8-10-19)25-13-11-24(12-14-25)15-16-27-20-5-3-2-4-6-20/h2-10,17H,11-16H2,1H3,(H,23,26)/p+2/t17-/m0/s1. The molecule has 0 aliphatic carbocycles. The zero-order valence-electron chi connectivity index (χ0n) is 15.7. The van der Waals surface area contributed by atoms with E-state index >= 15 is 0 Å². The largest absolute Gasteiger partial charge is 0.488 e. The van der Waals surface area contributed by atoms with Crippen molar-refractivity contribution in [1.82, 2.24) is 0 Å². The number of nitrogens with one attached hydrogen (secondary N) is 3. The number of para-hydroxylation sites is 1. The fourth-order valence-corrected chi connectivity index (χ4v) is 3.41. The van der Waals surface area contributed by atoms with E-state index in [1.54, 1.807) is 12.1 Å². The van der Waals surface area contributed by atoms with E-state index in [4.69, 9.17) is 4.74 Å². The van der Waals surface area contributed by atoms with Gasteiger partial charge in [-0.05, 0) is 43.3 Å². The van der Waals surface area contributed by atoms with E-state index in [0.29, 0.717) is 12.3 Å². The maximum Gasteiger partial charge on any atom is 0.282 e. The molecule has 1 heterocycles. The van der Waals surface area contributed by atoms with Crippen molar-refractivity contribution in [3.63, 3.8) is 0 Å². The average molecular weight is 373 g/mol. The lowest BCUT2D eigenvalue weighted by Crippen LogP contribution is -3.30. The Morgan fingerprint density at radius 3 is 2.41 bits per heavy atom. The van der Waals surface area contributed by atoms with Crippen molar-refractivity contribution in [2.45, 2.75) is 13.0 Å². The van der Waals surface area contributed by atoms with Crippen molar-refractivity contribution in [1.29, 1.82) is 0 Å². The molecule has 2 aromatic carbocycles. The van der Waals surface area contributed by atoms with E-state index in [9.17, 15) is 9.18 Å². The van der Waals surface area contributed by atoms with Gasteiger partial charge in [0.25, 0.3) is 5.91 Å². The lowest BCUT2D eigenvalue weighted by molar-refractivity contribution is -1.02. The predicted octanol–water partition coefficient (Wildman–Crippen LogP) is 0.0151. The minimum absolute atomic E-state index is 0.0209. The highest BCUT2D eigenvalue weighted by atomic mass is 19.1. The van der Waals surface area contributed by atoms with E-state index < -0.39 is 0 Å². The molecular weight excluding hydrogens is 345 g/mol. The van der Waals surface area contributed by atoms with Gasteiger partial charge in [0.15, 0.2) is 6.04 Å². The van der Waals surface area contributed by atoms with Crippen LogP contribution in [0.25, 0.3) is 0 Å². The number of hydrogen-bond donors (Lipinski definition) is 3. The molecule has 27 heavy (non-hydrogen) atoms. The highest BCUT2D eigenvalue weighted by molar-refractivity contribution is 5.93. The first-order valence-electron chi connectivity index (χ1n) is 9.54. The molecule has 1 fully saturated rings. The Balaban J connectivity index is 1.38. The van der Waals surface area contributed by atoms with E-state index in [1.807, 2.05) is 37.3 Å². The second-order valence-electron chi connectivity index (χ2n) is 7.04. The molecule has 0 spiro atoms. The highest BCUT2D eigenvalue weighted by Gasteiger charge is 2.30. The number of benzene rings is 2. The van der Waals surface area contributed by atoms with Crippen molar-refractivity contribution in [3.8, 4) is 5.75 Å². The molecule has 1 aliphatic heterocycles. The maximum atomic E-state index is 13.0. The first kappa shape index (κ1) is 19.3. The van der Waals surface area contributed by atoms with Crippen molar-refractivity contribution < 1.29 is 23.7 Å². The highest BCUT2D eigenvalue weighted by Crippen LogP contribution is 2.08. The summed E-state index contributed by atoms with van der Waals surface area (Å²) in [6, 6.07) is 15.6. The van der Waals surface area contributed by atoms with Crippen LogP contribution in [0.5, 0.6) is 5.75 Å². The van der Waals surface area contributed by atoms with Crippen LogP contribution in [0, 0.1) is 5.82 Å². The van der Waals surface area contributed by atoms with Crippen LogP contribution < -0.4 is 19.9 Å². The van der Waals surface area contributed by atoms with Gasteiger partial charge < -0.3 is 19.9 Å². The predicted molar refractivity (Wildman–Crippen MR) is 103 cm³/mol. The molecule has 6 heteroatoms. The van der Waals surface area contributed by atoms with Crippen LogP contribution in [-0.2, 0) is 4.79 Å². The first-order chi connectivity index (χ1) is 13.1. The molecule has 0 radical (unpaired) electrons. The molecule has 2 aromatic rings. The number of piperazine rings is 1. The molecule has 144 valence electrons. The van der Waals surface area contributed by atoms with Crippen molar-refractivity contribution in [3.05, 3.63) is 60.4 Å². The van der Waals surface area contributed by atoms with Crippen LogP contribution >= 0.6 is 0 Å².